The summed E-state index contributed by atoms with van der Waals surface area (Å²) in [5.41, 5.74) is 1.86. The van der Waals surface area contributed by atoms with Crippen molar-refractivity contribution in [1.29, 1.82) is 0 Å². The van der Waals surface area contributed by atoms with Gasteiger partial charge in [0.25, 0.3) is 0 Å². The van der Waals surface area contributed by atoms with Crippen molar-refractivity contribution in [3.63, 3.8) is 0 Å². The summed E-state index contributed by atoms with van der Waals surface area (Å²) >= 11 is 0. The minimum atomic E-state index is -5.16. The van der Waals surface area contributed by atoms with Crippen LogP contribution >= 0.6 is 0 Å². The molecule has 0 rings (SSSR count). The van der Waals surface area contributed by atoms with Crippen molar-refractivity contribution in [3.05, 3.63) is 23.3 Å². The monoisotopic (exact) mass is 291 g/mol. The molecule has 0 aliphatic rings. The van der Waals surface area contributed by atoms with Crippen LogP contribution in [0.15, 0.2) is 23.3 Å². The van der Waals surface area contributed by atoms with E-state index < -0.39 is 30.3 Å². The van der Waals surface area contributed by atoms with E-state index in [-0.39, 0.29) is 0 Å². The summed E-state index contributed by atoms with van der Waals surface area (Å²) in [7, 11) is 0. The molecule has 0 N–H and O–H groups in total. The van der Waals surface area contributed by atoms with Gasteiger partial charge in [0.05, 0.1) is 11.9 Å². The van der Waals surface area contributed by atoms with Crippen LogP contribution in [-0.2, 0) is 9.59 Å². The van der Waals surface area contributed by atoms with Gasteiger partial charge < -0.3 is 9.90 Å². The summed E-state index contributed by atoms with van der Waals surface area (Å²) in [6.07, 6.45) is -1.02. The number of halogens is 3. The highest BCUT2D eigenvalue weighted by Crippen LogP contribution is 2.23. The van der Waals surface area contributed by atoms with Gasteiger partial charge in [0.1, 0.15) is 0 Å². The molecule has 0 aliphatic carbocycles. The molecule has 0 heterocycles. The quantitative estimate of drug-likeness (QED) is 0.535. The molecule has 0 aromatic heterocycles. The van der Waals surface area contributed by atoms with Crippen LogP contribution in [0.5, 0.6) is 0 Å². The highest BCUT2D eigenvalue weighted by molar-refractivity contribution is 6.00. The van der Waals surface area contributed by atoms with Crippen molar-refractivity contribution < 1.29 is 27.9 Å². The Labute approximate surface area is 116 Å². The second-order valence-electron chi connectivity index (χ2n) is 4.84. The number of hydrogen-bond acceptors (Lipinski definition) is 3. The highest BCUT2D eigenvalue weighted by atomic mass is 19.4. The van der Waals surface area contributed by atoms with Crippen molar-refractivity contribution in [2.24, 2.45) is 5.92 Å². The van der Waals surface area contributed by atoms with Crippen LogP contribution in [0.2, 0.25) is 0 Å². The maximum atomic E-state index is 12.2. The smallest absolute Gasteiger partial charge is 0.450 e. The largest absolute Gasteiger partial charge is 0.549 e. The molecule has 3 nitrogen and oxygen atoms in total. The SMILES string of the molecule is CC(C)=CCC/C(C)=C/CC(C(=O)[O-])C(=O)C(F)(F)F. The first-order valence-corrected chi connectivity index (χ1v) is 6.16. The van der Waals surface area contributed by atoms with Gasteiger partial charge in [-0.25, -0.2) is 0 Å². The van der Waals surface area contributed by atoms with E-state index in [0.717, 1.165) is 11.1 Å². The summed E-state index contributed by atoms with van der Waals surface area (Å²) in [5.74, 6) is -6.44. The van der Waals surface area contributed by atoms with Gasteiger partial charge in [-0.1, -0.05) is 23.3 Å². The fraction of sp³-hybridized carbons (Fsp3) is 0.571. The van der Waals surface area contributed by atoms with Crippen LogP contribution in [-0.4, -0.2) is 17.9 Å². The zero-order valence-electron chi connectivity index (χ0n) is 11.7. The maximum absolute atomic E-state index is 12.2. The molecule has 0 fully saturated rings. The summed E-state index contributed by atoms with van der Waals surface area (Å²) < 4.78 is 36.6. The van der Waals surface area contributed by atoms with Crippen LogP contribution in [0.4, 0.5) is 13.2 Å². The fourth-order valence-electron chi connectivity index (χ4n) is 1.52. The minimum absolute atomic E-state index is 0.499. The molecule has 1 unspecified atom stereocenters. The molecule has 0 aromatic carbocycles. The molecule has 0 radical (unpaired) electrons. The number of ketones is 1. The molecule has 6 heteroatoms. The van der Waals surface area contributed by atoms with E-state index in [0.29, 0.717) is 12.8 Å². The van der Waals surface area contributed by atoms with Gasteiger partial charge in [0, 0.05) is 0 Å². The molecular weight excluding hydrogens is 273 g/mol. The fourth-order valence-corrected chi connectivity index (χ4v) is 1.52. The van der Waals surface area contributed by atoms with Crippen LogP contribution < -0.4 is 5.11 Å². The van der Waals surface area contributed by atoms with Gasteiger partial charge in [-0.15, -0.1) is 0 Å². The summed E-state index contributed by atoms with van der Waals surface area (Å²) in [6, 6.07) is 0. The van der Waals surface area contributed by atoms with Gasteiger partial charge in [0.15, 0.2) is 0 Å². The Bertz CT molecular complexity index is 416. The second kappa shape index (κ2) is 7.87. The number of alkyl halides is 3. The molecule has 0 aliphatic heterocycles. The van der Waals surface area contributed by atoms with Crippen molar-refractivity contribution in [2.75, 3.05) is 0 Å². The number of carboxylic acids is 1. The molecule has 1 atom stereocenters. The summed E-state index contributed by atoms with van der Waals surface area (Å²) in [6.45, 7) is 5.53. The van der Waals surface area contributed by atoms with Crippen molar-refractivity contribution >= 4 is 11.8 Å². The Hall–Kier alpha value is -1.59. The predicted octanol–water partition coefficient (Wildman–Crippen LogP) is 2.57. The Balaban J connectivity index is 4.67. The first-order chi connectivity index (χ1) is 9.05. The zero-order chi connectivity index (χ0) is 15.9. The number of Topliss-reactive ketones (excluding diaryl/α,β-unsaturated/α-hetero) is 1. The Morgan fingerprint density at radius 1 is 1.15 bits per heavy atom. The van der Waals surface area contributed by atoms with Crippen molar-refractivity contribution in [1.82, 2.24) is 0 Å². The molecule has 0 bridgehead atoms. The van der Waals surface area contributed by atoms with Crippen LogP contribution in [0.25, 0.3) is 0 Å². The molecule has 20 heavy (non-hydrogen) atoms. The molecular formula is C14H18F3O3-. The third-order valence-corrected chi connectivity index (χ3v) is 2.67. The maximum Gasteiger partial charge on any atom is 0.450 e. The second-order valence-corrected chi connectivity index (χ2v) is 4.84. The molecule has 0 amide bonds. The lowest BCUT2D eigenvalue weighted by molar-refractivity contribution is -0.311. The molecule has 0 spiro atoms. The van der Waals surface area contributed by atoms with Crippen LogP contribution in [0, 0.1) is 5.92 Å². The minimum Gasteiger partial charge on any atom is -0.549 e. The number of aliphatic carboxylic acids is 1. The number of hydrogen-bond donors (Lipinski definition) is 0. The van der Waals surface area contributed by atoms with Crippen molar-refractivity contribution in [2.45, 2.75) is 46.2 Å². The lowest BCUT2D eigenvalue weighted by Crippen LogP contribution is -2.42. The molecule has 0 aromatic rings. The zero-order valence-corrected chi connectivity index (χ0v) is 11.7. The Kier molecular flexibility index (Phi) is 7.24. The van der Waals surface area contributed by atoms with E-state index in [4.69, 9.17) is 0 Å². The van der Waals surface area contributed by atoms with Gasteiger partial charge >= 0.3 is 6.18 Å². The third kappa shape index (κ3) is 7.11. The molecule has 0 saturated heterocycles. The van der Waals surface area contributed by atoms with Crippen molar-refractivity contribution in [3.8, 4) is 0 Å². The van der Waals surface area contributed by atoms with E-state index >= 15 is 0 Å². The Morgan fingerprint density at radius 2 is 1.70 bits per heavy atom. The summed E-state index contributed by atoms with van der Waals surface area (Å²) in [5, 5.41) is 10.6. The van der Waals surface area contributed by atoms with Gasteiger partial charge in [-0.3, -0.25) is 4.79 Å². The topological polar surface area (TPSA) is 57.2 Å². The number of carbonyl (C=O) groups is 2. The van der Waals surface area contributed by atoms with Gasteiger partial charge in [-0.2, -0.15) is 13.2 Å². The number of allylic oxidation sites excluding steroid dienone is 4. The lowest BCUT2D eigenvalue weighted by atomic mass is 9.97. The van der Waals surface area contributed by atoms with E-state index in [1.54, 1.807) is 6.92 Å². The average Bonchev–Trinajstić information content (AvgIpc) is 2.26. The van der Waals surface area contributed by atoms with Gasteiger partial charge in [0.2, 0.25) is 5.78 Å². The highest BCUT2D eigenvalue weighted by Gasteiger charge is 2.43. The first-order valence-electron chi connectivity index (χ1n) is 6.16. The van der Waals surface area contributed by atoms with E-state index in [2.05, 4.69) is 0 Å². The number of rotatable bonds is 7. The lowest BCUT2D eigenvalue weighted by Gasteiger charge is -2.17. The molecule has 0 saturated carbocycles. The molecule has 114 valence electrons. The predicted molar refractivity (Wildman–Crippen MR) is 66.6 cm³/mol. The van der Waals surface area contributed by atoms with E-state index in [9.17, 15) is 27.9 Å². The van der Waals surface area contributed by atoms with E-state index in [1.165, 1.54) is 6.08 Å². The number of carbonyl (C=O) groups excluding carboxylic acids is 2. The standard InChI is InChI=1S/C14H19F3O3/c1-9(2)5-4-6-10(3)7-8-11(13(19)20)12(18)14(15,16)17/h5,7,11H,4,6,8H2,1-3H3,(H,19,20)/p-1/b10-7+. The first kappa shape index (κ1) is 18.4. The van der Waals surface area contributed by atoms with Crippen LogP contribution in [0.3, 0.4) is 0 Å². The van der Waals surface area contributed by atoms with E-state index in [1.807, 2.05) is 19.9 Å². The average molecular weight is 291 g/mol. The Morgan fingerprint density at radius 3 is 2.10 bits per heavy atom. The van der Waals surface area contributed by atoms with Crippen LogP contribution in [0.1, 0.15) is 40.0 Å². The summed E-state index contributed by atoms with van der Waals surface area (Å²) in [4.78, 5) is 21.6. The number of carboxylic acid groups (broad SMARTS) is 1. The van der Waals surface area contributed by atoms with Gasteiger partial charge in [-0.05, 0) is 40.0 Å². The normalized spacial score (nSPS) is 13.8. The third-order valence-electron chi connectivity index (χ3n) is 2.67.